The Morgan fingerprint density at radius 3 is 2.81 bits per heavy atom. The molecule has 2 aromatic rings. The molecule has 26 heavy (non-hydrogen) atoms. The van der Waals surface area contributed by atoms with Crippen LogP contribution in [0.4, 0.5) is 5.95 Å². The molecular formula is C19H22ClN3O3. The van der Waals surface area contributed by atoms with E-state index in [0.717, 1.165) is 10.6 Å². The van der Waals surface area contributed by atoms with E-state index in [1.165, 1.54) is 18.4 Å². The molecule has 1 saturated carbocycles. The smallest absolute Gasteiger partial charge is 0.225 e. The Kier molecular flexibility index (Phi) is 5.24. The van der Waals surface area contributed by atoms with Crippen LogP contribution in [0.1, 0.15) is 29.9 Å². The van der Waals surface area contributed by atoms with Crippen LogP contribution in [0, 0.1) is 0 Å². The first-order chi connectivity index (χ1) is 12.7. The zero-order chi connectivity index (χ0) is 17.9. The number of ether oxygens (including phenoxy) is 2. The van der Waals surface area contributed by atoms with Gasteiger partial charge in [-0.05, 0) is 30.4 Å². The van der Waals surface area contributed by atoms with Gasteiger partial charge in [0.1, 0.15) is 6.61 Å². The number of aliphatic hydroxyl groups is 1. The van der Waals surface area contributed by atoms with Crippen LogP contribution in [0.2, 0.25) is 5.02 Å². The molecule has 1 unspecified atom stereocenters. The number of rotatable bonds is 6. The number of aromatic nitrogens is 2. The highest BCUT2D eigenvalue weighted by Crippen LogP contribution is 2.43. The number of halogens is 1. The van der Waals surface area contributed by atoms with Gasteiger partial charge in [-0.25, -0.2) is 9.97 Å². The molecule has 1 saturated heterocycles. The van der Waals surface area contributed by atoms with Crippen molar-refractivity contribution in [2.75, 3.05) is 31.2 Å². The molecule has 1 aliphatic carbocycles. The minimum Gasteiger partial charge on any atom is -0.486 e. The number of morpholine rings is 1. The molecule has 0 amide bonds. The second kappa shape index (κ2) is 7.78. The van der Waals surface area contributed by atoms with E-state index >= 15 is 0 Å². The summed E-state index contributed by atoms with van der Waals surface area (Å²) in [6.45, 7) is 2.27. The maximum atomic E-state index is 9.24. The van der Waals surface area contributed by atoms with Gasteiger partial charge in [-0.2, -0.15) is 0 Å². The van der Waals surface area contributed by atoms with Gasteiger partial charge in [0.25, 0.3) is 0 Å². The third kappa shape index (κ3) is 3.92. The minimum absolute atomic E-state index is 0.00113. The molecule has 1 aliphatic heterocycles. The summed E-state index contributed by atoms with van der Waals surface area (Å²) in [5.74, 6) is 1.85. The Hall–Kier alpha value is -1.89. The Morgan fingerprint density at radius 2 is 2.08 bits per heavy atom. The average Bonchev–Trinajstić information content (AvgIpc) is 3.52. The Morgan fingerprint density at radius 1 is 1.27 bits per heavy atom. The van der Waals surface area contributed by atoms with Crippen LogP contribution >= 0.6 is 11.6 Å². The van der Waals surface area contributed by atoms with Crippen molar-refractivity contribution in [1.29, 1.82) is 0 Å². The molecule has 1 N–H and O–H groups in total. The first kappa shape index (κ1) is 17.5. The van der Waals surface area contributed by atoms with E-state index in [4.69, 9.17) is 21.1 Å². The number of anilines is 1. The molecule has 1 aromatic carbocycles. The fraction of sp³-hybridized carbons (Fsp3) is 0.474. The maximum absolute atomic E-state index is 9.24. The standard InChI is InChI=1S/C19H22ClN3O3/c20-18-3-1-2-16(13-4-5-13)17(18)12-26-14-8-21-19(22-9-14)23-6-7-25-15(10-23)11-24/h1-3,8-9,13,15,24H,4-7,10-12H2. The van der Waals surface area contributed by atoms with Crippen LogP contribution in [0.5, 0.6) is 5.75 Å². The van der Waals surface area contributed by atoms with Crippen molar-refractivity contribution in [2.45, 2.75) is 31.5 Å². The number of hydrogen-bond donors (Lipinski definition) is 1. The molecule has 0 radical (unpaired) electrons. The lowest BCUT2D eigenvalue weighted by Gasteiger charge is -2.31. The van der Waals surface area contributed by atoms with Crippen molar-refractivity contribution in [3.8, 4) is 5.75 Å². The molecule has 2 fully saturated rings. The van der Waals surface area contributed by atoms with Crippen molar-refractivity contribution in [3.63, 3.8) is 0 Å². The van der Waals surface area contributed by atoms with E-state index in [9.17, 15) is 5.11 Å². The van der Waals surface area contributed by atoms with Gasteiger partial charge in [-0.1, -0.05) is 23.7 Å². The van der Waals surface area contributed by atoms with Gasteiger partial charge >= 0.3 is 0 Å². The summed E-state index contributed by atoms with van der Waals surface area (Å²) in [5, 5.41) is 9.99. The van der Waals surface area contributed by atoms with Crippen molar-refractivity contribution < 1.29 is 14.6 Å². The molecule has 0 spiro atoms. The lowest BCUT2D eigenvalue weighted by Crippen LogP contribution is -2.44. The van der Waals surface area contributed by atoms with E-state index < -0.39 is 0 Å². The minimum atomic E-state index is -0.190. The molecule has 2 aliphatic rings. The van der Waals surface area contributed by atoms with Crippen molar-refractivity contribution >= 4 is 17.5 Å². The zero-order valence-electron chi connectivity index (χ0n) is 14.5. The van der Waals surface area contributed by atoms with Gasteiger partial charge in [0, 0.05) is 23.7 Å². The van der Waals surface area contributed by atoms with Gasteiger partial charge in [0.05, 0.1) is 31.7 Å². The molecule has 7 heteroatoms. The third-order valence-corrected chi connectivity index (χ3v) is 5.15. The summed E-state index contributed by atoms with van der Waals surface area (Å²) in [5.41, 5.74) is 2.35. The second-order valence-corrected chi connectivity index (χ2v) is 7.12. The molecule has 4 rings (SSSR count). The quantitative estimate of drug-likeness (QED) is 0.837. The van der Waals surface area contributed by atoms with Crippen LogP contribution in [0.3, 0.4) is 0 Å². The van der Waals surface area contributed by atoms with E-state index in [1.807, 2.05) is 17.0 Å². The highest BCUT2D eigenvalue weighted by Gasteiger charge is 2.27. The zero-order valence-corrected chi connectivity index (χ0v) is 15.2. The first-order valence-electron chi connectivity index (χ1n) is 8.94. The molecule has 1 aromatic heterocycles. The average molecular weight is 376 g/mol. The monoisotopic (exact) mass is 375 g/mol. The van der Waals surface area contributed by atoms with E-state index in [-0.39, 0.29) is 12.7 Å². The summed E-state index contributed by atoms with van der Waals surface area (Å²) < 4.78 is 11.3. The highest BCUT2D eigenvalue weighted by atomic mass is 35.5. The van der Waals surface area contributed by atoms with Crippen molar-refractivity contribution in [1.82, 2.24) is 9.97 Å². The summed E-state index contributed by atoms with van der Waals surface area (Å²) >= 11 is 6.37. The Balaban J connectivity index is 1.41. The molecule has 2 heterocycles. The van der Waals surface area contributed by atoms with E-state index in [1.54, 1.807) is 12.4 Å². The van der Waals surface area contributed by atoms with Gasteiger partial charge < -0.3 is 19.5 Å². The van der Waals surface area contributed by atoms with Crippen LogP contribution in [0.15, 0.2) is 30.6 Å². The van der Waals surface area contributed by atoms with Crippen LogP contribution in [-0.4, -0.2) is 47.5 Å². The van der Waals surface area contributed by atoms with E-state index in [0.29, 0.717) is 43.9 Å². The van der Waals surface area contributed by atoms with Crippen LogP contribution < -0.4 is 9.64 Å². The largest absolute Gasteiger partial charge is 0.486 e. The third-order valence-electron chi connectivity index (χ3n) is 4.80. The first-order valence-corrected chi connectivity index (χ1v) is 9.32. The fourth-order valence-electron chi connectivity index (χ4n) is 3.22. The van der Waals surface area contributed by atoms with Gasteiger partial charge in [0.15, 0.2) is 5.75 Å². The summed E-state index contributed by atoms with van der Waals surface area (Å²) in [6.07, 6.45) is 5.61. The number of benzene rings is 1. The van der Waals surface area contributed by atoms with E-state index in [2.05, 4.69) is 16.0 Å². The summed E-state index contributed by atoms with van der Waals surface area (Å²) in [6, 6.07) is 6.04. The van der Waals surface area contributed by atoms with Crippen molar-refractivity contribution in [3.05, 3.63) is 46.7 Å². The molecule has 1 atom stereocenters. The van der Waals surface area contributed by atoms with Gasteiger partial charge in [-0.15, -0.1) is 0 Å². The van der Waals surface area contributed by atoms with Crippen molar-refractivity contribution in [2.24, 2.45) is 0 Å². The maximum Gasteiger partial charge on any atom is 0.225 e. The molecule has 138 valence electrons. The lowest BCUT2D eigenvalue weighted by atomic mass is 10.0. The predicted molar refractivity (Wildman–Crippen MR) is 98.8 cm³/mol. The molecule has 0 bridgehead atoms. The van der Waals surface area contributed by atoms with Crippen LogP contribution in [-0.2, 0) is 11.3 Å². The highest BCUT2D eigenvalue weighted by molar-refractivity contribution is 6.31. The predicted octanol–water partition coefficient (Wildman–Crippen LogP) is 2.78. The van der Waals surface area contributed by atoms with Crippen LogP contribution in [0.25, 0.3) is 0 Å². The number of aliphatic hydroxyl groups excluding tert-OH is 1. The molecular weight excluding hydrogens is 354 g/mol. The Labute approximate surface area is 157 Å². The normalized spacial score (nSPS) is 20.2. The fourth-order valence-corrected chi connectivity index (χ4v) is 3.46. The topological polar surface area (TPSA) is 67.7 Å². The Bertz CT molecular complexity index is 752. The SMILES string of the molecule is OCC1CN(c2ncc(OCc3c(Cl)cccc3C3CC3)cn2)CCO1. The summed E-state index contributed by atoms with van der Waals surface area (Å²) in [7, 11) is 0. The second-order valence-electron chi connectivity index (χ2n) is 6.71. The molecule has 6 nitrogen and oxygen atoms in total. The number of nitrogens with zero attached hydrogens (tertiary/aromatic N) is 3. The van der Waals surface area contributed by atoms with Gasteiger partial charge in [-0.3, -0.25) is 0 Å². The van der Waals surface area contributed by atoms with Gasteiger partial charge in [0.2, 0.25) is 5.95 Å². The lowest BCUT2D eigenvalue weighted by molar-refractivity contribution is 0.00313. The summed E-state index contributed by atoms with van der Waals surface area (Å²) in [4.78, 5) is 10.8. The number of hydrogen-bond acceptors (Lipinski definition) is 6.